The highest BCUT2D eigenvalue weighted by molar-refractivity contribution is 9.10. The van der Waals surface area contributed by atoms with E-state index in [0.717, 1.165) is 6.42 Å². The van der Waals surface area contributed by atoms with Gasteiger partial charge in [-0.05, 0) is 18.6 Å². The van der Waals surface area contributed by atoms with Gasteiger partial charge >= 0.3 is 0 Å². The minimum absolute atomic E-state index is 0.0374. The molecule has 1 fully saturated rings. The van der Waals surface area contributed by atoms with E-state index in [1.54, 1.807) is 12.1 Å². The smallest absolute Gasteiger partial charge is 0.294 e. The van der Waals surface area contributed by atoms with Gasteiger partial charge in [0.2, 0.25) is 5.91 Å². The van der Waals surface area contributed by atoms with E-state index in [4.69, 9.17) is 0 Å². The second-order valence-electron chi connectivity index (χ2n) is 3.54. The number of carbonyl (C=O) groups is 1. The van der Waals surface area contributed by atoms with Crippen molar-refractivity contribution in [3.63, 3.8) is 0 Å². The Kier molecular flexibility index (Phi) is 2.91. The van der Waals surface area contributed by atoms with Crippen LogP contribution in [0.1, 0.15) is 12.8 Å². The molecule has 1 aliphatic rings. The van der Waals surface area contributed by atoms with Crippen LogP contribution in [0.5, 0.6) is 0 Å². The van der Waals surface area contributed by atoms with E-state index in [1.165, 1.54) is 11.0 Å². The molecule has 84 valence electrons. The number of nitro benzene ring substituents is 1. The van der Waals surface area contributed by atoms with Crippen molar-refractivity contribution in [2.45, 2.75) is 12.8 Å². The van der Waals surface area contributed by atoms with E-state index in [0.29, 0.717) is 23.1 Å². The molecule has 0 aromatic heterocycles. The Morgan fingerprint density at radius 2 is 2.19 bits per heavy atom. The fourth-order valence-corrected chi connectivity index (χ4v) is 2.12. The third-order valence-electron chi connectivity index (χ3n) is 2.50. The van der Waals surface area contributed by atoms with Crippen LogP contribution < -0.4 is 4.90 Å². The molecule has 0 spiro atoms. The van der Waals surface area contributed by atoms with Crippen molar-refractivity contribution in [1.29, 1.82) is 0 Å². The number of anilines is 1. The largest absolute Gasteiger partial charge is 0.306 e. The molecule has 6 heteroatoms. The van der Waals surface area contributed by atoms with Crippen LogP contribution in [-0.4, -0.2) is 17.4 Å². The van der Waals surface area contributed by atoms with Gasteiger partial charge in [0.05, 0.1) is 4.92 Å². The molecular formula is C10H9BrN2O3. The summed E-state index contributed by atoms with van der Waals surface area (Å²) in [5, 5.41) is 10.9. The number of benzene rings is 1. The molecule has 1 heterocycles. The Morgan fingerprint density at radius 3 is 2.75 bits per heavy atom. The van der Waals surface area contributed by atoms with Gasteiger partial charge in [-0.15, -0.1) is 0 Å². The molecule has 0 atom stereocenters. The van der Waals surface area contributed by atoms with Crippen LogP contribution in [0.25, 0.3) is 0 Å². The van der Waals surface area contributed by atoms with E-state index < -0.39 is 4.92 Å². The summed E-state index contributed by atoms with van der Waals surface area (Å²) in [7, 11) is 0. The molecule has 1 amide bonds. The van der Waals surface area contributed by atoms with Gasteiger partial charge < -0.3 is 4.90 Å². The number of amides is 1. The van der Waals surface area contributed by atoms with Gasteiger partial charge in [0.25, 0.3) is 5.69 Å². The third kappa shape index (κ3) is 1.92. The summed E-state index contributed by atoms with van der Waals surface area (Å²) in [4.78, 5) is 23.4. The number of rotatable bonds is 2. The van der Waals surface area contributed by atoms with Crippen LogP contribution in [0.15, 0.2) is 22.7 Å². The van der Waals surface area contributed by atoms with Crippen molar-refractivity contribution in [1.82, 2.24) is 0 Å². The molecule has 16 heavy (non-hydrogen) atoms. The van der Waals surface area contributed by atoms with E-state index >= 15 is 0 Å². The van der Waals surface area contributed by atoms with Gasteiger partial charge in [-0.25, -0.2) is 0 Å². The summed E-state index contributed by atoms with van der Waals surface area (Å²) in [5.41, 5.74) is 0.348. The normalized spacial score (nSPS) is 15.6. The Labute approximate surface area is 100 Å². The summed E-state index contributed by atoms with van der Waals surface area (Å²) >= 11 is 3.18. The lowest BCUT2D eigenvalue weighted by Crippen LogP contribution is -2.24. The number of nitro groups is 1. The van der Waals surface area contributed by atoms with E-state index in [-0.39, 0.29) is 11.6 Å². The monoisotopic (exact) mass is 284 g/mol. The number of hydrogen-bond acceptors (Lipinski definition) is 3. The first kappa shape index (κ1) is 11.1. The Bertz CT molecular complexity index is 461. The fourth-order valence-electron chi connectivity index (χ4n) is 1.77. The van der Waals surface area contributed by atoms with Crippen LogP contribution >= 0.6 is 15.9 Å². The van der Waals surface area contributed by atoms with Crippen LogP contribution in [-0.2, 0) is 4.79 Å². The van der Waals surface area contributed by atoms with Gasteiger partial charge in [0.1, 0.15) is 5.69 Å². The molecule has 0 unspecified atom stereocenters. The zero-order valence-corrected chi connectivity index (χ0v) is 9.94. The minimum Gasteiger partial charge on any atom is -0.306 e. The topological polar surface area (TPSA) is 63.5 Å². The quantitative estimate of drug-likeness (QED) is 0.619. The molecule has 0 aliphatic carbocycles. The molecule has 0 saturated carbocycles. The van der Waals surface area contributed by atoms with Gasteiger partial charge in [-0.1, -0.05) is 15.9 Å². The lowest BCUT2D eigenvalue weighted by Gasteiger charge is -2.15. The second kappa shape index (κ2) is 4.21. The molecular weight excluding hydrogens is 276 g/mol. The summed E-state index contributed by atoms with van der Waals surface area (Å²) < 4.78 is 0.634. The van der Waals surface area contributed by atoms with Gasteiger partial charge in [0.15, 0.2) is 0 Å². The Morgan fingerprint density at radius 1 is 1.44 bits per heavy atom. The van der Waals surface area contributed by atoms with Crippen LogP contribution in [0.4, 0.5) is 11.4 Å². The lowest BCUT2D eigenvalue weighted by molar-refractivity contribution is -0.384. The van der Waals surface area contributed by atoms with Gasteiger partial charge in [0, 0.05) is 23.5 Å². The second-order valence-corrected chi connectivity index (χ2v) is 4.45. The zero-order valence-electron chi connectivity index (χ0n) is 8.35. The summed E-state index contributed by atoms with van der Waals surface area (Å²) in [6.45, 7) is 0.557. The first-order chi connectivity index (χ1) is 7.59. The van der Waals surface area contributed by atoms with Gasteiger partial charge in [-0.2, -0.15) is 0 Å². The highest BCUT2D eigenvalue weighted by Crippen LogP contribution is 2.33. The summed E-state index contributed by atoms with van der Waals surface area (Å²) in [6, 6.07) is 4.72. The third-order valence-corrected chi connectivity index (χ3v) is 2.99. The van der Waals surface area contributed by atoms with Crippen molar-refractivity contribution in [3.8, 4) is 0 Å². The van der Waals surface area contributed by atoms with Crippen molar-refractivity contribution in [2.24, 2.45) is 0 Å². The number of carbonyl (C=O) groups excluding carboxylic acids is 1. The molecule has 0 bridgehead atoms. The van der Waals surface area contributed by atoms with Crippen LogP contribution in [0.2, 0.25) is 0 Å². The summed E-state index contributed by atoms with van der Waals surface area (Å²) in [6.07, 6.45) is 1.22. The fraction of sp³-hybridized carbons (Fsp3) is 0.300. The number of nitrogens with zero attached hydrogens (tertiary/aromatic N) is 2. The average molecular weight is 285 g/mol. The standard InChI is InChI=1S/C10H9BrN2O3/c11-7-3-4-8(9(6-7)13(15)16)12-5-1-2-10(12)14/h3-4,6H,1-2,5H2. The van der Waals surface area contributed by atoms with Crippen molar-refractivity contribution in [3.05, 3.63) is 32.8 Å². The Balaban J connectivity index is 2.47. The predicted molar refractivity (Wildman–Crippen MR) is 62.4 cm³/mol. The molecule has 5 nitrogen and oxygen atoms in total. The van der Waals surface area contributed by atoms with Crippen LogP contribution in [0, 0.1) is 10.1 Å². The summed E-state index contributed by atoms with van der Waals surface area (Å²) in [5.74, 6) is -0.0505. The molecule has 1 saturated heterocycles. The van der Waals surface area contributed by atoms with E-state index in [1.807, 2.05) is 0 Å². The molecule has 1 aliphatic heterocycles. The van der Waals surface area contributed by atoms with E-state index in [2.05, 4.69) is 15.9 Å². The van der Waals surface area contributed by atoms with Crippen molar-refractivity contribution in [2.75, 3.05) is 11.4 Å². The SMILES string of the molecule is O=C1CCCN1c1ccc(Br)cc1[N+](=O)[O-]. The lowest BCUT2D eigenvalue weighted by atomic mass is 10.2. The van der Waals surface area contributed by atoms with Gasteiger partial charge in [-0.3, -0.25) is 14.9 Å². The first-order valence-electron chi connectivity index (χ1n) is 4.84. The van der Waals surface area contributed by atoms with Crippen molar-refractivity contribution < 1.29 is 9.72 Å². The minimum atomic E-state index is -0.467. The first-order valence-corrected chi connectivity index (χ1v) is 5.63. The van der Waals surface area contributed by atoms with Crippen LogP contribution in [0.3, 0.4) is 0 Å². The molecule has 2 rings (SSSR count). The molecule has 0 radical (unpaired) electrons. The highest BCUT2D eigenvalue weighted by Gasteiger charge is 2.27. The molecule has 1 aromatic rings. The highest BCUT2D eigenvalue weighted by atomic mass is 79.9. The van der Waals surface area contributed by atoms with E-state index in [9.17, 15) is 14.9 Å². The maximum Gasteiger partial charge on any atom is 0.294 e. The predicted octanol–water partition coefficient (Wildman–Crippen LogP) is 2.48. The molecule has 1 aromatic carbocycles. The number of hydrogen-bond donors (Lipinski definition) is 0. The molecule has 0 N–H and O–H groups in total. The maximum atomic E-state index is 11.5. The Hall–Kier alpha value is -1.43. The zero-order chi connectivity index (χ0) is 11.7. The number of halogens is 1. The average Bonchev–Trinajstić information content (AvgIpc) is 2.64. The van der Waals surface area contributed by atoms with Crippen molar-refractivity contribution >= 4 is 33.2 Å². The maximum absolute atomic E-state index is 11.5.